The fraction of sp³-hybridized carbons (Fsp3) is 0.611. The number of nitrogens with two attached hydrogens (primary N) is 1. The molecule has 0 spiro atoms. The number of nitrogen functional groups attached to an aromatic ring is 1. The van der Waals surface area contributed by atoms with E-state index in [1.165, 1.54) is 38.5 Å². The fourth-order valence-corrected chi connectivity index (χ4v) is 2.26. The van der Waals surface area contributed by atoms with Crippen molar-refractivity contribution < 1.29 is 14.3 Å². The number of rotatable bonds is 11. The highest BCUT2D eigenvalue weighted by molar-refractivity contribution is 5.91. The third kappa shape index (κ3) is 6.83. The first-order chi connectivity index (χ1) is 10.7. The number of ether oxygens (including phenoxy) is 2. The Kier molecular flexibility index (Phi) is 9.12. The normalized spacial score (nSPS) is 10.5. The van der Waals surface area contributed by atoms with Crippen molar-refractivity contribution in [3.05, 3.63) is 23.8 Å². The molecule has 0 heterocycles. The van der Waals surface area contributed by atoms with Crippen molar-refractivity contribution in [2.24, 2.45) is 0 Å². The quantitative estimate of drug-likeness (QED) is 0.369. The van der Waals surface area contributed by atoms with Crippen LogP contribution in [0.15, 0.2) is 18.2 Å². The Bertz CT molecular complexity index is 446. The topological polar surface area (TPSA) is 61.5 Å². The number of anilines is 1. The van der Waals surface area contributed by atoms with Crippen molar-refractivity contribution in [2.45, 2.75) is 58.8 Å². The molecule has 0 bridgehead atoms. The molecule has 1 aromatic carbocycles. The Morgan fingerprint density at radius 3 is 2.36 bits per heavy atom. The number of unbranched alkanes of at least 4 members (excludes halogenated alkanes) is 6. The van der Waals surface area contributed by atoms with E-state index in [-0.39, 0.29) is 5.97 Å². The molecule has 0 unspecified atom stereocenters. The van der Waals surface area contributed by atoms with E-state index in [9.17, 15) is 4.79 Å². The van der Waals surface area contributed by atoms with Gasteiger partial charge in [-0.2, -0.15) is 0 Å². The summed E-state index contributed by atoms with van der Waals surface area (Å²) in [5.74, 6) is 0.284. The summed E-state index contributed by atoms with van der Waals surface area (Å²) in [7, 11) is 0. The third-order valence-corrected chi connectivity index (χ3v) is 3.53. The first-order valence-corrected chi connectivity index (χ1v) is 8.38. The molecule has 0 aliphatic rings. The summed E-state index contributed by atoms with van der Waals surface area (Å²) in [6.07, 6.45) is 8.74. The van der Waals surface area contributed by atoms with Crippen LogP contribution >= 0.6 is 0 Å². The Labute approximate surface area is 134 Å². The second-order valence-electron chi connectivity index (χ2n) is 5.44. The lowest BCUT2D eigenvalue weighted by atomic mass is 10.1. The molecule has 0 atom stereocenters. The van der Waals surface area contributed by atoms with Crippen LogP contribution in [-0.4, -0.2) is 19.2 Å². The van der Waals surface area contributed by atoms with Gasteiger partial charge in [0.25, 0.3) is 0 Å². The van der Waals surface area contributed by atoms with Crippen LogP contribution in [0.3, 0.4) is 0 Å². The van der Waals surface area contributed by atoms with Gasteiger partial charge in [-0.25, -0.2) is 4.79 Å². The lowest BCUT2D eigenvalue weighted by molar-refractivity contribution is 0.0526. The highest BCUT2D eigenvalue weighted by atomic mass is 16.5. The summed E-state index contributed by atoms with van der Waals surface area (Å²) in [5.41, 5.74) is 6.86. The molecule has 0 aromatic heterocycles. The van der Waals surface area contributed by atoms with Crippen LogP contribution in [0.25, 0.3) is 0 Å². The number of benzene rings is 1. The van der Waals surface area contributed by atoms with Crippen molar-refractivity contribution in [1.82, 2.24) is 0 Å². The summed E-state index contributed by atoms with van der Waals surface area (Å²) < 4.78 is 10.6. The molecule has 0 fully saturated rings. The van der Waals surface area contributed by atoms with E-state index in [1.54, 1.807) is 25.1 Å². The maximum Gasteiger partial charge on any atom is 0.338 e. The maximum absolute atomic E-state index is 11.6. The summed E-state index contributed by atoms with van der Waals surface area (Å²) in [5, 5.41) is 0. The van der Waals surface area contributed by atoms with E-state index in [0.717, 1.165) is 6.42 Å². The van der Waals surface area contributed by atoms with Crippen LogP contribution in [0.2, 0.25) is 0 Å². The van der Waals surface area contributed by atoms with Crippen LogP contribution in [0.1, 0.15) is 69.2 Å². The SMILES string of the molecule is CCCCCCCCCOc1ccc(C(=O)OCC)cc1N. The van der Waals surface area contributed by atoms with E-state index in [1.807, 2.05) is 0 Å². The predicted octanol–water partition coefficient (Wildman–Crippen LogP) is 4.57. The van der Waals surface area contributed by atoms with Gasteiger partial charge < -0.3 is 15.2 Å². The molecule has 1 rings (SSSR count). The van der Waals surface area contributed by atoms with Crippen LogP contribution in [0.4, 0.5) is 5.69 Å². The molecule has 22 heavy (non-hydrogen) atoms. The second-order valence-corrected chi connectivity index (χ2v) is 5.44. The third-order valence-electron chi connectivity index (χ3n) is 3.53. The number of hydrogen-bond donors (Lipinski definition) is 1. The Morgan fingerprint density at radius 1 is 1.05 bits per heavy atom. The van der Waals surface area contributed by atoms with Crippen molar-refractivity contribution in [1.29, 1.82) is 0 Å². The lowest BCUT2D eigenvalue weighted by Crippen LogP contribution is -2.06. The molecule has 0 saturated heterocycles. The minimum absolute atomic E-state index is 0.354. The predicted molar refractivity (Wildman–Crippen MR) is 90.3 cm³/mol. The summed E-state index contributed by atoms with van der Waals surface area (Å²) in [6.45, 7) is 5.03. The van der Waals surface area contributed by atoms with Gasteiger partial charge in [-0.3, -0.25) is 0 Å². The van der Waals surface area contributed by atoms with Crippen molar-refractivity contribution in [2.75, 3.05) is 18.9 Å². The Morgan fingerprint density at radius 2 is 1.73 bits per heavy atom. The molecule has 1 aromatic rings. The summed E-state index contributed by atoms with van der Waals surface area (Å²) >= 11 is 0. The molecule has 0 saturated carbocycles. The van der Waals surface area contributed by atoms with Crippen LogP contribution in [0.5, 0.6) is 5.75 Å². The van der Waals surface area contributed by atoms with E-state index in [4.69, 9.17) is 15.2 Å². The molecular weight excluding hydrogens is 278 g/mol. The molecule has 4 heteroatoms. The Balaban J connectivity index is 2.27. The zero-order valence-corrected chi connectivity index (χ0v) is 13.9. The van der Waals surface area contributed by atoms with E-state index in [2.05, 4.69) is 6.92 Å². The zero-order valence-electron chi connectivity index (χ0n) is 13.9. The molecular formula is C18H29NO3. The van der Waals surface area contributed by atoms with Crippen LogP contribution in [-0.2, 0) is 4.74 Å². The largest absolute Gasteiger partial charge is 0.491 e. The maximum atomic E-state index is 11.6. The lowest BCUT2D eigenvalue weighted by Gasteiger charge is -2.10. The van der Waals surface area contributed by atoms with Gasteiger partial charge >= 0.3 is 5.97 Å². The molecule has 4 nitrogen and oxygen atoms in total. The number of carbonyl (C=O) groups excluding carboxylic acids is 1. The van der Waals surface area contributed by atoms with E-state index in [0.29, 0.717) is 30.2 Å². The molecule has 0 radical (unpaired) electrons. The van der Waals surface area contributed by atoms with E-state index >= 15 is 0 Å². The highest BCUT2D eigenvalue weighted by Gasteiger charge is 2.09. The number of hydrogen-bond acceptors (Lipinski definition) is 4. The molecule has 2 N–H and O–H groups in total. The van der Waals surface area contributed by atoms with Gasteiger partial charge in [-0.1, -0.05) is 45.4 Å². The van der Waals surface area contributed by atoms with Gasteiger partial charge in [0.2, 0.25) is 0 Å². The van der Waals surface area contributed by atoms with Crippen molar-refractivity contribution in [3.8, 4) is 5.75 Å². The van der Waals surface area contributed by atoms with Crippen LogP contribution < -0.4 is 10.5 Å². The standard InChI is InChI=1S/C18H29NO3/c1-3-5-6-7-8-9-10-13-22-17-12-11-15(14-16(17)19)18(20)21-4-2/h11-12,14H,3-10,13,19H2,1-2H3. The minimum Gasteiger partial charge on any atom is -0.491 e. The molecule has 0 amide bonds. The second kappa shape index (κ2) is 10.9. The van der Waals surface area contributed by atoms with E-state index < -0.39 is 0 Å². The zero-order chi connectivity index (χ0) is 16.2. The summed E-state index contributed by atoms with van der Waals surface area (Å²) in [4.78, 5) is 11.6. The number of carbonyl (C=O) groups is 1. The highest BCUT2D eigenvalue weighted by Crippen LogP contribution is 2.23. The smallest absolute Gasteiger partial charge is 0.338 e. The van der Waals surface area contributed by atoms with Gasteiger partial charge in [-0.05, 0) is 31.5 Å². The van der Waals surface area contributed by atoms with Gasteiger partial charge in [-0.15, -0.1) is 0 Å². The van der Waals surface area contributed by atoms with Gasteiger partial charge in [0.1, 0.15) is 5.75 Å². The molecule has 0 aliphatic carbocycles. The van der Waals surface area contributed by atoms with Gasteiger partial charge in [0.05, 0.1) is 24.5 Å². The van der Waals surface area contributed by atoms with Crippen LogP contribution in [0, 0.1) is 0 Å². The van der Waals surface area contributed by atoms with Gasteiger partial charge in [0.15, 0.2) is 0 Å². The first-order valence-electron chi connectivity index (χ1n) is 8.38. The molecule has 124 valence electrons. The molecule has 0 aliphatic heterocycles. The van der Waals surface area contributed by atoms with Crippen molar-refractivity contribution >= 4 is 11.7 Å². The minimum atomic E-state index is -0.354. The summed E-state index contributed by atoms with van der Waals surface area (Å²) in [6, 6.07) is 5.04. The fourth-order valence-electron chi connectivity index (χ4n) is 2.26. The van der Waals surface area contributed by atoms with Crippen molar-refractivity contribution in [3.63, 3.8) is 0 Å². The van der Waals surface area contributed by atoms with Gasteiger partial charge in [0, 0.05) is 0 Å². The average molecular weight is 307 g/mol. The Hall–Kier alpha value is -1.71. The number of esters is 1. The first kappa shape index (κ1) is 18.3. The monoisotopic (exact) mass is 307 g/mol. The average Bonchev–Trinajstić information content (AvgIpc) is 2.51.